The van der Waals surface area contributed by atoms with Gasteiger partial charge in [-0.2, -0.15) is 0 Å². The fourth-order valence-corrected chi connectivity index (χ4v) is 0.618. The molecule has 0 spiro atoms. The third-order valence-corrected chi connectivity index (χ3v) is 1.13. The molecule has 0 saturated heterocycles. The molecule has 0 amide bonds. The largest absolute Gasteiger partial charge is 0.314 e. The van der Waals surface area contributed by atoms with Crippen molar-refractivity contribution in [2.45, 2.75) is 20.8 Å². The average molecular weight is 125 g/mol. The second-order valence-electron chi connectivity index (χ2n) is 2.43. The Morgan fingerprint density at radius 3 is 2.44 bits per heavy atom. The Kier molecular flexibility index (Phi) is 1.51. The predicted octanol–water partition coefficient (Wildman–Crippen LogP) is 0.313. The molecule has 0 atom stereocenters. The lowest BCUT2D eigenvalue weighted by Crippen LogP contribution is -2.13. The van der Waals surface area contributed by atoms with Gasteiger partial charge in [0, 0.05) is 17.9 Å². The number of hydrogen-bond donors (Lipinski definition) is 1. The van der Waals surface area contributed by atoms with Crippen LogP contribution in [0.25, 0.3) is 0 Å². The van der Waals surface area contributed by atoms with Crippen molar-refractivity contribution in [3.8, 4) is 0 Å². The summed E-state index contributed by atoms with van der Waals surface area (Å²) < 4.78 is 0. The first-order valence-electron chi connectivity index (χ1n) is 3.09. The van der Waals surface area contributed by atoms with Gasteiger partial charge in [-0.05, 0) is 0 Å². The Bertz CT molecular complexity index is 167. The molecule has 0 aromatic rings. The zero-order chi connectivity index (χ0) is 6.85. The molecule has 0 aromatic carbocycles. The van der Waals surface area contributed by atoms with Gasteiger partial charge in [0.05, 0.1) is 0 Å². The molecule has 1 aliphatic rings. The summed E-state index contributed by atoms with van der Waals surface area (Å²) in [4.78, 5) is 4.14. The van der Waals surface area contributed by atoms with Gasteiger partial charge in [0.1, 0.15) is 0 Å². The molecule has 1 aliphatic heterocycles. The van der Waals surface area contributed by atoms with Crippen LogP contribution in [-0.4, -0.2) is 11.7 Å². The predicted molar refractivity (Wildman–Crippen MR) is 38.2 cm³/mol. The van der Waals surface area contributed by atoms with Crippen LogP contribution in [0.5, 0.6) is 0 Å². The van der Waals surface area contributed by atoms with Crippen LogP contribution in [0.3, 0.4) is 0 Å². The number of nitrogens with one attached hydrogen (secondary N) is 1. The maximum Gasteiger partial charge on any atom is 0.314 e. The zero-order valence-corrected chi connectivity index (χ0v) is 5.97. The van der Waals surface area contributed by atoms with Gasteiger partial charge < -0.3 is 0 Å². The molecule has 3 nitrogen and oxygen atoms in total. The summed E-state index contributed by atoms with van der Waals surface area (Å²) in [6.07, 6.45) is 0. The maximum absolute atomic E-state index is 4.14. The third-order valence-electron chi connectivity index (χ3n) is 1.13. The SMILES string of the molecule is CC1=[N+]C(C(C)C)=NN1. The smallest absolute Gasteiger partial charge is 0.122 e. The van der Waals surface area contributed by atoms with E-state index in [1.165, 1.54) is 0 Å². The monoisotopic (exact) mass is 125 g/mol. The fourth-order valence-electron chi connectivity index (χ4n) is 0.618. The second kappa shape index (κ2) is 2.17. The lowest BCUT2D eigenvalue weighted by atomic mass is 10.2. The van der Waals surface area contributed by atoms with Crippen LogP contribution < -0.4 is 10.4 Å². The van der Waals surface area contributed by atoms with Crippen LogP contribution in [0.1, 0.15) is 20.8 Å². The van der Waals surface area contributed by atoms with Crippen LogP contribution in [0.15, 0.2) is 5.10 Å². The first kappa shape index (κ1) is 6.26. The van der Waals surface area contributed by atoms with E-state index in [9.17, 15) is 0 Å². The van der Waals surface area contributed by atoms with Crippen molar-refractivity contribution in [2.24, 2.45) is 11.0 Å². The quantitative estimate of drug-likeness (QED) is 0.538. The van der Waals surface area contributed by atoms with Crippen LogP contribution in [0.2, 0.25) is 0 Å². The van der Waals surface area contributed by atoms with E-state index in [4.69, 9.17) is 0 Å². The summed E-state index contributed by atoms with van der Waals surface area (Å²) in [6.45, 7) is 6.05. The molecule has 0 aliphatic carbocycles. The minimum atomic E-state index is 0.426. The molecular weight excluding hydrogens is 114 g/mol. The lowest BCUT2D eigenvalue weighted by molar-refractivity contribution is 0.856. The molecule has 9 heavy (non-hydrogen) atoms. The molecule has 0 aromatic heterocycles. The van der Waals surface area contributed by atoms with Gasteiger partial charge in [0.25, 0.3) is 5.84 Å². The van der Waals surface area contributed by atoms with Gasteiger partial charge in [-0.15, -0.1) is 5.43 Å². The van der Waals surface area contributed by atoms with Gasteiger partial charge in [-0.1, -0.05) is 18.8 Å². The summed E-state index contributed by atoms with van der Waals surface area (Å²) >= 11 is 0. The van der Waals surface area contributed by atoms with E-state index >= 15 is 0 Å². The first-order chi connectivity index (χ1) is 4.20. The van der Waals surface area contributed by atoms with E-state index < -0.39 is 0 Å². The molecule has 0 fully saturated rings. The second-order valence-corrected chi connectivity index (χ2v) is 2.43. The summed E-state index contributed by atoms with van der Waals surface area (Å²) in [5.41, 5.74) is 2.79. The van der Waals surface area contributed by atoms with Crippen molar-refractivity contribution in [3.05, 3.63) is 0 Å². The molecule has 1 heterocycles. The Hall–Kier alpha value is -0.860. The van der Waals surface area contributed by atoms with Crippen molar-refractivity contribution in [3.63, 3.8) is 0 Å². The van der Waals surface area contributed by atoms with E-state index in [1.807, 2.05) is 6.92 Å². The van der Waals surface area contributed by atoms with Gasteiger partial charge in [-0.25, -0.2) is 0 Å². The van der Waals surface area contributed by atoms with Crippen molar-refractivity contribution in [1.29, 1.82) is 0 Å². The Morgan fingerprint density at radius 1 is 1.56 bits per heavy atom. The lowest BCUT2D eigenvalue weighted by Gasteiger charge is -1.86. The number of aliphatic imine (C=N–C) groups is 1. The van der Waals surface area contributed by atoms with Crippen molar-refractivity contribution >= 4 is 11.7 Å². The summed E-state index contributed by atoms with van der Waals surface area (Å²) in [7, 11) is 0. The van der Waals surface area contributed by atoms with Gasteiger partial charge in [0.15, 0.2) is 0 Å². The normalized spacial score (nSPS) is 17.3. The Labute approximate surface area is 54.9 Å². The molecule has 1 rings (SSSR count). The van der Waals surface area contributed by atoms with E-state index in [0.717, 1.165) is 11.7 Å². The van der Waals surface area contributed by atoms with E-state index in [1.54, 1.807) is 0 Å². The highest BCUT2D eigenvalue weighted by atomic mass is 15.4. The highest BCUT2D eigenvalue weighted by Gasteiger charge is 2.20. The highest BCUT2D eigenvalue weighted by Crippen LogP contribution is 1.95. The average Bonchev–Trinajstić information content (AvgIpc) is 2.14. The van der Waals surface area contributed by atoms with Crippen LogP contribution >= 0.6 is 0 Å². The molecule has 3 heteroatoms. The number of amidine groups is 2. The standard InChI is InChI=1S/C6H11N3/c1-4(2)6-7-5(3)8-9-6/h4H,1-3H3,(H,8,9)/q+1. The minimum absolute atomic E-state index is 0.426. The summed E-state index contributed by atoms with van der Waals surface area (Å²) in [5, 5.41) is 3.98. The zero-order valence-electron chi connectivity index (χ0n) is 5.97. The number of hydrogen-bond acceptors (Lipinski definition) is 3. The first-order valence-corrected chi connectivity index (χ1v) is 3.09. The van der Waals surface area contributed by atoms with Crippen molar-refractivity contribution in [2.75, 3.05) is 0 Å². The minimum Gasteiger partial charge on any atom is -0.122 e. The molecular formula is C6H11N3+. The summed E-state index contributed by atoms with van der Waals surface area (Å²) in [6, 6.07) is 0. The van der Waals surface area contributed by atoms with Crippen molar-refractivity contribution in [1.82, 2.24) is 10.4 Å². The molecule has 49 valence electrons. The topological polar surface area (TPSA) is 38.5 Å². The Balaban J connectivity index is 2.64. The number of hydrazone groups is 1. The summed E-state index contributed by atoms with van der Waals surface area (Å²) in [5.74, 6) is 2.21. The van der Waals surface area contributed by atoms with Crippen LogP contribution in [0.4, 0.5) is 0 Å². The number of nitrogens with zero attached hydrogens (tertiary/aromatic N) is 2. The van der Waals surface area contributed by atoms with E-state index in [0.29, 0.717) is 5.92 Å². The molecule has 1 N–H and O–H groups in total. The molecule has 0 bridgehead atoms. The van der Waals surface area contributed by atoms with E-state index in [-0.39, 0.29) is 0 Å². The van der Waals surface area contributed by atoms with Gasteiger partial charge in [0.2, 0.25) is 0 Å². The van der Waals surface area contributed by atoms with Gasteiger partial charge in [-0.3, -0.25) is 0 Å². The Morgan fingerprint density at radius 2 is 2.22 bits per heavy atom. The molecule has 0 unspecified atom stereocenters. The van der Waals surface area contributed by atoms with E-state index in [2.05, 4.69) is 29.4 Å². The highest BCUT2D eigenvalue weighted by molar-refractivity contribution is 5.98. The van der Waals surface area contributed by atoms with Crippen molar-refractivity contribution < 1.29 is 0 Å². The molecule has 1 radical (unpaired) electrons. The third kappa shape index (κ3) is 1.28. The fraction of sp³-hybridized carbons (Fsp3) is 0.667. The van der Waals surface area contributed by atoms with Gasteiger partial charge >= 0.3 is 5.84 Å². The molecule has 0 saturated carbocycles. The maximum atomic E-state index is 4.14. The number of rotatable bonds is 1. The van der Waals surface area contributed by atoms with Crippen LogP contribution in [-0.2, 0) is 0 Å². The van der Waals surface area contributed by atoms with Crippen LogP contribution in [0, 0.1) is 5.92 Å².